The topological polar surface area (TPSA) is 122 Å². The Morgan fingerprint density at radius 3 is 2.81 bits per heavy atom. The van der Waals surface area contributed by atoms with Gasteiger partial charge in [0.2, 0.25) is 5.91 Å². The molecular weight excluding hydrogens is 320 g/mol. The van der Waals surface area contributed by atoms with Crippen molar-refractivity contribution in [2.45, 2.75) is 11.9 Å². The van der Waals surface area contributed by atoms with Crippen molar-refractivity contribution in [1.29, 1.82) is 0 Å². The number of sulfone groups is 1. The van der Waals surface area contributed by atoms with Gasteiger partial charge in [-0.05, 0) is 0 Å². The molecule has 0 spiro atoms. The van der Waals surface area contributed by atoms with Crippen molar-refractivity contribution in [3.05, 3.63) is 11.9 Å². The second-order valence-electron chi connectivity index (χ2n) is 4.55. The van der Waals surface area contributed by atoms with E-state index in [9.17, 15) is 18.0 Å². The van der Waals surface area contributed by atoms with Crippen LogP contribution in [0.1, 0.15) is 10.5 Å². The number of rotatable bonds is 4. The summed E-state index contributed by atoms with van der Waals surface area (Å²) in [6, 6.07) is 0. The first-order valence-electron chi connectivity index (χ1n) is 5.98. The number of hydrogen-bond donors (Lipinski definition) is 1. The Labute approximate surface area is 125 Å². The average molecular weight is 334 g/mol. The molecule has 116 valence electrons. The molecule has 1 unspecified atom stereocenters. The molecule has 0 aliphatic carbocycles. The fourth-order valence-electron chi connectivity index (χ4n) is 1.92. The van der Waals surface area contributed by atoms with Gasteiger partial charge >= 0.3 is 5.97 Å². The van der Waals surface area contributed by atoms with Crippen LogP contribution in [0.2, 0.25) is 0 Å². The van der Waals surface area contributed by atoms with Gasteiger partial charge in [-0.15, -0.1) is 5.10 Å². The second-order valence-corrected chi connectivity index (χ2v) is 7.91. The lowest BCUT2D eigenvalue weighted by Crippen LogP contribution is -2.50. The van der Waals surface area contributed by atoms with Crippen molar-refractivity contribution in [3.63, 3.8) is 0 Å². The molecule has 0 saturated carbocycles. The molecule has 1 aliphatic rings. The summed E-state index contributed by atoms with van der Waals surface area (Å²) in [5, 5.41) is 14.8. The monoisotopic (exact) mass is 334 g/mol. The zero-order valence-electron chi connectivity index (χ0n) is 11.2. The molecule has 1 amide bonds. The van der Waals surface area contributed by atoms with Gasteiger partial charge in [-0.25, -0.2) is 17.9 Å². The predicted octanol–water partition coefficient (Wildman–Crippen LogP) is -1.08. The quantitative estimate of drug-likeness (QED) is 0.738. The van der Waals surface area contributed by atoms with Crippen LogP contribution in [0, 0.1) is 0 Å². The van der Waals surface area contributed by atoms with E-state index in [1.165, 1.54) is 16.7 Å². The van der Waals surface area contributed by atoms with Crippen molar-refractivity contribution in [2.75, 3.05) is 24.3 Å². The molecule has 0 radical (unpaired) electrons. The fraction of sp³-hybridized carbons (Fsp3) is 0.600. The normalized spacial score (nSPS) is 19.5. The standard InChI is InChI=1S/C10H14N4O5S2/c1-21(18,19)9-6-20-3-2-14(9)8(15)5-13-4-7(10(16)17)11-12-13/h4,9H,2-3,5-6H2,1H3,(H,16,17). The molecule has 1 aromatic heterocycles. The number of aromatic nitrogens is 3. The zero-order chi connectivity index (χ0) is 15.6. The Balaban J connectivity index is 2.12. The number of thioether (sulfide) groups is 1. The Hall–Kier alpha value is -1.62. The van der Waals surface area contributed by atoms with E-state index in [0.717, 1.165) is 17.1 Å². The van der Waals surface area contributed by atoms with Crippen LogP contribution in [0.4, 0.5) is 0 Å². The van der Waals surface area contributed by atoms with E-state index in [2.05, 4.69) is 10.3 Å². The molecule has 2 rings (SSSR count). The van der Waals surface area contributed by atoms with Crippen molar-refractivity contribution in [3.8, 4) is 0 Å². The summed E-state index contributed by atoms with van der Waals surface area (Å²) < 4.78 is 24.5. The largest absolute Gasteiger partial charge is 0.476 e. The van der Waals surface area contributed by atoms with Crippen LogP contribution in [0.5, 0.6) is 0 Å². The molecule has 1 fully saturated rings. The van der Waals surface area contributed by atoms with Crippen molar-refractivity contribution >= 4 is 33.5 Å². The number of carboxylic acids is 1. The van der Waals surface area contributed by atoms with Crippen LogP contribution in [0.15, 0.2) is 6.20 Å². The maximum absolute atomic E-state index is 12.2. The minimum atomic E-state index is -3.38. The third kappa shape index (κ3) is 3.73. The van der Waals surface area contributed by atoms with Gasteiger partial charge in [0.1, 0.15) is 11.9 Å². The Morgan fingerprint density at radius 2 is 2.24 bits per heavy atom. The van der Waals surface area contributed by atoms with E-state index >= 15 is 0 Å². The van der Waals surface area contributed by atoms with Gasteiger partial charge in [-0.3, -0.25) is 4.79 Å². The van der Waals surface area contributed by atoms with Gasteiger partial charge in [0.15, 0.2) is 15.5 Å². The molecule has 1 N–H and O–H groups in total. The fourth-order valence-corrected chi connectivity index (χ4v) is 4.76. The number of amides is 1. The van der Waals surface area contributed by atoms with Gasteiger partial charge in [0.25, 0.3) is 0 Å². The first kappa shape index (κ1) is 15.8. The molecule has 11 heteroatoms. The second kappa shape index (κ2) is 6.02. The molecular formula is C10H14N4O5S2. The summed E-state index contributed by atoms with van der Waals surface area (Å²) in [6.07, 6.45) is 2.23. The number of hydrogen-bond acceptors (Lipinski definition) is 7. The van der Waals surface area contributed by atoms with Gasteiger partial charge in [-0.2, -0.15) is 11.8 Å². The minimum Gasteiger partial charge on any atom is -0.476 e. The Kier molecular flexibility index (Phi) is 4.52. The molecule has 0 bridgehead atoms. The van der Waals surface area contributed by atoms with Crippen LogP contribution >= 0.6 is 11.8 Å². The predicted molar refractivity (Wildman–Crippen MR) is 74.7 cm³/mol. The summed E-state index contributed by atoms with van der Waals surface area (Å²) in [5.74, 6) is -0.665. The summed E-state index contributed by atoms with van der Waals surface area (Å²) in [7, 11) is -3.38. The van der Waals surface area contributed by atoms with Gasteiger partial charge in [-0.1, -0.05) is 5.21 Å². The zero-order valence-corrected chi connectivity index (χ0v) is 12.8. The van der Waals surface area contributed by atoms with Crippen LogP contribution < -0.4 is 0 Å². The number of aromatic carboxylic acids is 1. The lowest BCUT2D eigenvalue weighted by atomic mass is 10.4. The lowest BCUT2D eigenvalue weighted by Gasteiger charge is -2.33. The smallest absolute Gasteiger partial charge is 0.358 e. The highest BCUT2D eigenvalue weighted by Crippen LogP contribution is 2.20. The highest BCUT2D eigenvalue weighted by atomic mass is 32.2. The highest BCUT2D eigenvalue weighted by Gasteiger charge is 2.34. The molecule has 0 aromatic carbocycles. The molecule has 1 aromatic rings. The minimum absolute atomic E-state index is 0.239. The molecule has 9 nitrogen and oxygen atoms in total. The number of carbonyl (C=O) groups is 2. The van der Waals surface area contributed by atoms with Crippen molar-refractivity contribution in [1.82, 2.24) is 19.9 Å². The van der Waals surface area contributed by atoms with E-state index < -0.39 is 27.1 Å². The number of carboxylic acid groups (broad SMARTS) is 1. The van der Waals surface area contributed by atoms with Crippen LogP contribution in [0.25, 0.3) is 0 Å². The summed E-state index contributed by atoms with van der Waals surface area (Å²) >= 11 is 1.48. The van der Waals surface area contributed by atoms with E-state index in [-0.39, 0.29) is 12.2 Å². The Bertz CT molecular complexity index is 656. The SMILES string of the molecule is CS(=O)(=O)C1CSCCN1C(=O)Cn1cc(C(=O)O)nn1. The summed E-state index contributed by atoms with van der Waals surface area (Å²) in [6.45, 7) is 0.0959. The summed E-state index contributed by atoms with van der Waals surface area (Å²) in [5.41, 5.74) is -0.267. The van der Waals surface area contributed by atoms with E-state index in [0.29, 0.717) is 18.1 Å². The van der Waals surface area contributed by atoms with E-state index in [1.807, 2.05) is 0 Å². The summed E-state index contributed by atoms with van der Waals surface area (Å²) in [4.78, 5) is 24.2. The molecule has 1 atom stereocenters. The average Bonchev–Trinajstić information content (AvgIpc) is 2.86. The molecule has 2 heterocycles. The van der Waals surface area contributed by atoms with Gasteiger partial charge in [0.05, 0.1) is 6.20 Å². The Morgan fingerprint density at radius 1 is 1.52 bits per heavy atom. The van der Waals surface area contributed by atoms with E-state index in [1.54, 1.807) is 0 Å². The lowest BCUT2D eigenvalue weighted by molar-refractivity contribution is -0.132. The van der Waals surface area contributed by atoms with Gasteiger partial charge in [0, 0.05) is 24.3 Å². The maximum Gasteiger partial charge on any atom is 0.358 e. The molecule has 21 heavy (non-hydrogen) atoms. The van der Waals surface area contributed by atoms with E-state index in [4.69, 9.17) is 5.11 Å². The highest BCUT2D eigenvalue weighted by molar-refractivity contribution is 8.00. The van der Waals surface area contributed by atoms with Crippen LogP contribution in [0.3, 0.4) is 0 Å². The van der Waals surface area contributed by atoms with Crippen molar-refractivity contribution < 1.29 is 23.1 Å². The third-order valence-electron chi connectivity index (χ3n) is 2.95. The number of carbonyl (C=O) groups excluding carboxylic acids is 1. The molecule has 1 saturated heterocycles. The van der Waals surface area contributed by atoms with Crippen molar-refractivity contribution in [2.24, 2.45) is 0 Å². The van der Waals surface area contributed by atoms with Crippen LogP contribution in [-0.2, 0) is 21.2 Å². The first-order valence-corrected chi connectivity index (χ1v) is 9.09. The number of nitrogens with zero attached hydrogens (tertiary/aromatic N) is 4. The molecule has 1 aliphatic heterocycles. The first-order chi connectivity index (χ1) is 9.79. The third-order valence-corrected chi connectivity index (χ3v) is 5.60. The van der Waals surface area contributed by atoms with Gasteiger partial charge < -0.3 is 10.0 Å². The van der Waals surface area contributed by atoms with Crippen LogP contribution in [-0.4, -0.2) is 75.0 Å². The maximum atomic E-state index is 12.2.